The quantitative estimate of drug-likeness (QED) is 0.708. The van der Waals surface area contributed by atoms with Crippen LogP contribution in [0.25, 0.3) is 11.3 Å². The molecule has 1 aromatic heterocycles. The van der Waals surface area contributed by atoms with Crippen LogP contribution in [-0.4, -0.2) is 17.0 Å². The normalized spacial score (nSPS) is 11.5. The predicted molar refractivity (Wildman–Crippen MR) is 97.3 cm³/mol. The Kier molecular flexibility index (Phi) is 5.43. The summed E-state index contributed by atoms with van der Waals surface area (Å²) in [7, 11) is 0. The summed E-state index contributed by atoms with van der Waals surface area (Å²) in [6, 6.07) is 11.5. The second-order valence-corrected chi connectivity index (χ2v) is 6.41. The lowest BCUT2D eigenvalue weighted by Gasteiger charge is -2.13. The minimum absolute atomic E-state index is 0.0179. The number of halogens is 2. The summed E-state index contributed by atoms with van der Waals surface area (Å²) < 4.78 is 32.7. The number of nitrogens with zero attached hydrogens (tertiary/aromatic N) is 2. The number of nitrogens with one attached hydrogen (secondary N) is 1. The largest absolute Gasteiger partial charge is 0.481 e. The highest BCUT2D eigenvalue weighted by Gasteiger charge is 2.18. The molecular formula is C19H13F2N3O2S. The van der Waals surface area contributed by atoms with Gasteiger partial charge in [-0.2, -0.15) is 5.26 Å². The molecule has 0 aliphatic carbocycles. The van der Waals surface area contributed by atoms with Crippen LogP contribution in [0.2, 0.25) is 0 Å². The molecule has 0 bridgehead atoms. The molecule has 136 valence electrons. The summed E-state index contributed by atoms with van der Waals surface area (Å²) in [5.74, 6) is -1.25. The number of thiazole rings is 1. The Morgan fingerprint density at radius 3 is 2.89 bits per heavy atom. The Bertz CT molecular complexity index is 1030. The zero-order valence-electron chi connectivity index (χ0n) is 14.1. The molecule has 0 aliphatic heterocycles. The highest BCUT2D eigenvalue weighted by molar-refractivity contribution is 7.14. The Morgan fingerprint density at radius 2 is 2.11 bits per heavy atom. The third kappa shape index (κ3) is 4.46. The van der Waals surface area contributed by atoms with Gasteiger partial charge in [-0.1, -0.05) is 6.07 Å². The van der Waals surface area contributed by atoms with Gasteiger partial charge in [0.1, 0.15) is 17.4 Å². The summed E-state index contributed by atoms with van der Waals surface area (Å²) in [5.41, 5.74) is 0.661. The average Bonchev–Trinajstić information content (AvgIpc) is 3.12. The summed E-state index contributed by atoms with van der Waals surface area (Å²) in [5, 5.41) is 13.2. The molecule has 1 N–H and O–H groups in total. The molecule has 8 heteroatoms. The molecule has 0 spiro atoms. The van der Waals surface area contributed by atoms with E-state index in [0.717, 1.165) is 29.5 Å². The van der Waals surface area contributed by atoms with E-state index in [-0.39, 0.29) is 16.4 Å². The zero-order valence-corrected chi connectivity index (χ0v) is 14.9. The molecule has 0 fully saturated rings. The monoisotopic (exact) mass is 385 g/mol. The number of nitriles is 1. The predicted octanol–water partition coefficient (Wildman–Crippen LogP) is 4.37. The molecule has 5 nitrogen and oxygen atoms in total. The van der Waals surface area contributed by atoms with Crippen LogP contribution < -0.4 is 10.1 Å². The molecular weight excluding hydrogens is 372 g/mol. The van der Waals surface area contributed by atoms with E-state index in [1.54, 1.807) is 25.1 Å². The second-order valence-electron chi connectivity index (χ2n) is 5.55. The summed E-state index contributed by atoms with van der Waals surface area (Å²) >= 11 is 1.09. The van der Waals surface area contributed by atoms with Crippen molar-refractivity contribution in [1.29, 1.82) is 5.26 Å². The minimum Gasteiger partial charge on any atom is -0.481 e. The number of rotatable bonds is 5. The molecule has 2 aromatic carbocycles. The van der Waals surface area contributed by atoms with Gasteiger partial charge in [0.25, 0.3) is 5.91 Å². The van der Waals surface area contributed by atoms with E-state index in [4.69, 9.17) is 10.00 Å². The standard InChI is InChI=1S/C19H13F2N3O2S/c1-11(26-14-4-2-3-12(7-14)9-22)18(25)24-19-23-17(10-27-19)15-8-13(20)5-6-16(15)21/h2-8,10-11H,1H3,(H,23,24,25). The number of amides is 1. The Balaban J connectivity index is 1.68. The van der Waals surface area contributed by atoms with Crippen LogP contribution in [-0.2, 0) is 4.79 Å². The molecule has 27 heavy (non-hydrogen) atoms. The molecule has 1 amide bonds. The van der Waals surface area contributed by atoms with E-state index in [0.29, 0.717) is 11.3 Å². The first kappa shape index (κ1) is 18.5. The van der Waals surface area contributed by atoms with Crippen molar-refractivity contribution < 1.29 is 18.3 Å². The van der Waals surface area contributed by atoms with Crippen LogP contribution in [0.4, 0.5) is 13.9 Å². The van der Waals surface area contributed by atoms with Crippen molar-refractivity contribution in [2.75, 3.05) is 5.32 Å². The highest BCUT2D eigenvalue weighted by Crippen LogP contribution is 2.27. The molecule has 1 heterocycles. The number of carbonyl (C=O) groups excluding carboxylic acids is 1. The maximum Gasteiger partial charge on any atom is 0.266 e. The van der Waals surface area contributed by atoms with Gasteiger partial charge in [-0.3, -0.25) is 10.1 Å². The van der Waals surface area contributed by atoms with Crippen molar-refractivity contribution >= 4 is 22.4 Å². The first-order valence-electron chi connectivity index (χ1n) is 7.85. The van der Waals surface area contributed by atoms with E-state index in [1.165, 1.54) is 11.4 Å². The lowest BCUT2D eigenvalue weighted by molar-refractivity contribution is -0.122. The summed E-state index contributed by atoms with van der Waals surface area (Å²) in [6.45, 7) is 1.55. The summed E-state index contributed by atoms with van der Waals surface area (Å²) in [6.07, 6.45) is -0.850. The smallest absolute Gasteiger partial charge is 0.266 e. The topological polar surface area (TPSA) is 75.0 Å². The van der Waals surface area contributed by atoms with E-state index >= 15 is 0 Å². The second kappa shape index (κ2) is 7.93. The Labute approximate surface area is 157 Å². The van der Waals surface area contributed by atoms with Crippen molar-refractivity contribution in [3.05, 3.63) is 65.0 Å². The van der Waals surface area contributed by atoms with Crippen molar-refractivity contribution in [2.45, 2.75) is 13.0 Å². The van der Waals surface area contributed by atoms with Crippen LogP contribution >= 0.6 is 11.3 Å². The Morgan fingerprint density at radius 1 is 1.30 bits per heavy atom. The van der Waals surface area contributed by atoms with Gasteiger partial charge in [0.2, 0.25) is 0 Å². The maximum absolute atomic E-state index is 13.8. The zero-order chi connectivity index (χ0) is 19.4. The maximum atomic E-state index is 13.8. The van der Waals surface area contributed by atoms with Crippen LogP contribution in [0.15, 0.2) is 47.8 Å². The molecule has 0 aliphatic rings. The van der Waals surface area contributed by atoms with Gasteiger partial charge in [0.05, 0.1) is 17.3 Å². The SMILES string of the molecule is CC(Oc1cccc(C#N)c1)C(=O)Nc1nc(-c2cc(F)ccc2F)cs1. The number of hydrogen-bond acceptors (Lipinski definition) is 5. The van der Waals surface area contributed by atoms with Crippen LogP contribution in [0.1, 0.15) is 12.5 Å². The van der Waals surface area contributed by atoms with Crippen LogP contribution in [0.3, 0.4) is 0 Å². The number of ether oxygens (including phenoxy) is 1. The number of benzene rings is 2. The minimum atomic E-state index is -0.850. The molecule has 1 unspecified atom stereocenters. The number of aromatic nitrogens is 1. The molecule has 3 aromatic rings. The van der Waals surface area contributed by atoms with E-state index in [1.807, 2.05) is 6.07 Å². The van der Waals surface area contributed by atoms with Crippen molar-refractivity contribution in [2.24, 2.45) is 0 Å². The molecule has 0 saturated carbocycles. The first-order valence-corrected chi connectivity index (χ1v) is 8.73. The number of anilines is 1. The fraction of sp³-hybridized carbons (Fsp3) is 0.105. The van der Waals surface area contributed by atoms with Gasteiger partial charge >= 0.3 is 0 Å². The Hall–Kier alpha value is -3.31. The van der Waals surface area contributed by atoms with Crippen molar-refractivity contribution in [3.63, 3.8) is 0 Å². The van der Waals surface area contributed by atoms with Gasteiger partial charge in [0, 0.05) is 10.9 Å². The number of hydrogen-bond donors (Lipinski definition) is 1. The lowest BCUT2D eigenvalue weighted by atomic mass is 10.1. The van der Waals surface area contributed by atoms with Crippen molar-refractivity contribution in [3.8, 4) is 23.1 Å². The van der Waals surface area contributed by atoms with Crippen LogP contribution in [0, 0.1) is 23.0 Å². The van der Waals surface area contributed by atoms with Gasteiger partial charge < -0.3 is 4.74 Å². The van der Waals surface area contributed by atoms with Crippen LogP contribution in [0.5, 0.6) is 5.75 Å². The van der Waals surface area contributed by atoms with Gasteiger partial charge in [-0.25, -0.2) is 13.8 Å². The molecule has 0 radical (unpaired) electrons. The molecule has 0 saturated heterocycles. The fourth-order valence-corrected chi connectivity index (χ4v) is 2.97. The van der Waals surface area contributed by atoms with Crippen molar-refractivity contribution in [1.82, 2.24) is 4.98 Å². The molecule has 3 rings (SSSR count). The fourth-order valence-electron chi connectivity index (χ4n) is 2.25. The van der Waals surface area contributed by atoms with E-state index in [9.17, 15) is 13.6 Å². The highest BCUT2D eigenvalue weighted by atomic mass is 32.1. The van der Waals surface area contributed by atoms with E-state index < -0.39 is 23.6 Å². The number of carbonyl (C=O) groups is 1. The molecule has 1 atom stereocenters. The van der Waals surface area contributed by atoms with Gasteiger partial charge in [0.15, 0.2) is 11.2 Å². The van der Waals surface area contributed by atoms with Gasteiger partial charge in [-0.05, 0) is 43.3 Å². The summed E-state index contributed by atoms with van der Waals surface area (Å²) in [4.78, 5) is 16.4. The van der Waals surface area contributed by atoms with Gasteiger partial charge in [-0.15, -0.1) is 11.3 Å². The third-order valence-corrected chi connectivity index (χ3v) is 4.34. The first-order chi connectivity index (χ1) is 13.0. The van der Waals surface area contributed by atoms with E-state index in [2.05, 4.69) is 10.3 Å². The third-order valence-electron chi connectivity index (χ3n) is 3.58. The average molecular weight is 385 g/mol. The lowest BCUT2D eigenvalue weighted by Crippen LogP contribution is -2.30.